The van der Waals surface area contributed by atoms with E-state index in [2.05, 4.69) is 4.90 Å². The van der Waals surface area contributed by atoms with Crippen LogP contribution in [0.25, 0.3) is 0 Å². The molecule has 1 aliphatic rings. The van der Waals surface area contributed by atoms with Crippen molar-refractivity contribution in [3.63, 3.8) is 0 Å². The van der Waals surface area contributed by atoms with Gasteiger partial charge in [0, 0.05) is 40.3 Å². The fourth-order valence-corrected chi connectivity index (χ4v) is 1.36. The van der Waals surface area contributed by atoms with E-state index in [0.717, 1.165) is 32.6 Å². The topological polar surface area (TPSA) is 43.9 Å². The molecule has 0 aliphatic carbocycles. The van der Waals surface area contributed by atoms with Gasteiger partial charge in [-0.05, 0) is 0 Å². The van der Waals surface area contributed by atoms with Gasteiger partial charge in [0.15, 0.2) is 0 Å². The quantitative estimate of drug-likeness (QED) is 0.539. The first-order valence-corrected chi connectivity index (χ1v) is 4.75. The average Bonchev–Trinajstić information content (AvgIpc) is 2.19. The van der Waals surface area contributed by atoms with Crippen molar-refractivity contribution in [3.8, 4) is 0 Å². The molecule has 5 nitrogen and oxygen atoms in total. The Morgan fingerprint density at radius 2 is 1.86 bits per heavy atom. The summed E-state index contributed by atoms with van der Waals surface area (Å²) < 4.78 is 0. The molecule has 0 spiro atoms. The summed E-state index contributed by atoms with van der Waals surface area (Å²) in [5, 5.41) is 0. The van der Waals surface area contributed by atoms with Crippen molar-refractivity contribution < 1.29 is 9.59 Å². The Hall–Kier alpha value is -1.10. The lowest BCUT2D eigenvalue weighted by Crippen LogP contribution is -2.48. The molecule has 14 heavy (non-hydrogen) atoms. The van der Waals surface area contributed by atoms with Crippen LogP contribution < -0.4 is 0 Å². The van der Waals surface area contributed by atoms with Crippen molar-refractivity contribution in [2.45, 2.75) is 0 Å². The predicted molar refractivity (Wildman–Crippen MR) is 52.8 cm³/mol. The van der Waals surface area contributed by atoms with Gasteiger partial charge in [0.25, 0.3) is 0 Å². The molecule has 0 N–H and O–H groups in total. The van der Waals surface area contributed by atoms with Gasteiger partial charge < -0.3 is 9.80 Å². The van der Waals surface area contributed by atoms with Crippen LogP contribution in [0.5, 0.6) is 0 Å². The lowest BCUT2D eigenvalue weighted by molar-refractivity contribution is -0.130. The molecule has 1 aliphatic heterocycles. The third-order valence-electron chi connectivity index (χ3n) is 2.41. The average molecular weight is 199 g/mol. The van der Waals surface area contributed by atoms with Crippen molar-refractivity contribution >= 4 is 12.3 Å². The first-order chi connectivity index (χ1) is 6.63. The molecule has 0 unspecified atom stereocenters. The molecule has 1 heterocycles. The van der Waals surface area contributed by atoms with E-state index in [0.29, 0.717) is 6.54 Å². The van der Waals surface area contributed by atoms with E-state index in [1.54, 1.807) is 23.9 Å². The maximum atomic E-state index is 11.4. The lowest BCUT2D eigenvalue weighted by Gasteiger charge is -2.32. The molecule has 0 atom stereocenters. The summed E-state index contributed by atoms with van der Waals surface area (Å²) >= 11 is 0. The summed E-state index contributed by atoms with van der Waals surface area (Å²) in [5.74, 6) is 0.115. The number of piperazine rings is 1. The fraction of sp³-hybridized carbons (Fsp3) is 0.778. The second-order valence-electron chi connectivity index (χ2n) is 3.71. The number of likely N-dealkylation sites (N-methyl/N-ethyl adjacent to an activating group) is 1. The van der Waals surface area contributed by atoms with Gasteiger partial charge in [-0.2, -0.15) is 0 Å². The van der Waals surface area contributed by atoms with Gasteiger partial charge in [0.05, 0.1) is 6.54 Å². The van der Waals surface area contributed by atoms with Crippen LogP contribution in [-0.4, -0.2) is 73.8 Å². The summed E-state index contributed by atoms with van der Waals surface area (Å²) in [5.41, 5.74) is 0. The Morgan fingerprint density at radius 3 is 2.29 bits per heavy atom. The number of hydrogen-bond acceptors (Lipinski definition) is 3. The number of rotatable bonds is 3. The Labute approximate surface area is 84.3 Å². The van der Waals surface area contributed by atoms with Crippen LogP contribution in [0.15, 0.2) is 0 Å². The molecule has 0 saturated carbocycles. The summed E-state index contributed by atoms with van der Waals surface area (Å²) in [4.78, 5) is 27.2. The summed E-state index contributed by atoms with van der Waals surface area (Å²) in [6.07, 6.45) is 0.866. The zero-order valence-electron chi connectivity index (χ0n) is 8.77. The van der Waals surface area contributed by atoms with E-state index in [9.17, 15) is 9.59 Å². The van der Waals surface area contributed by atoms with Crippen LogP contribution in [-0.2, 0) is 9.59 Å². The van der Waals surface area contributed by atoms with E-state index in [1.807, 2.05) is 0 Å². The minimum Gasteiger partial charge on any atom is -0.348 e. The van der Waals surface area contributed by atoms with Gasteiger partial charge in [0.1, 0.15) is 0 Å². The number of hydrogen-bond donors (Lipinski definition) is 0. The van der Waals surface area contributed by atoms with Crippen molar-refractivity contribution in [1.82, 2.24) is 14.7 Å². The number of nitrogens with zero attached hydrogens (tertiary/aromatic N) is 3. The molecule has 1 rings (SSSR count). The number of amides is 2. The summed E-state index contributed by atoms with van der Waals surface area (Å²) in [6, 6.07) is 0. The van der Waals surface area contributed by atoms with Gasteiger partial charge in [-0.1, -0.05) is 0 Å². The molecule has 0 bridgehead atoms. The molecule has 0 radical (unpaired) electrons. The maximum Gasteiger partial charge on any atom is 0.236 e. The maximum absolute atomic E-state index is 11.4. The fourth-order valence-electron chi connectivity index (χ4n) is 1.36. The molecule has 5 heteroatoms. The number of carbonyl (C=O) groups is 2. The highest BCUT2D eigenvalue weighted by Gasteiger charge is 2.18. The molecule has 0 aromatic rings. The van der Waals surface area contributed by atoms with E-state index in [-0.39, 0.29) is 5.91 Å². The van der Waals surface area contributed by atoms with Crippen LogP contribution in [0.1, 0.15) is 0 Å². The van der Waals surface area contributed by atoms with Crippen molar-refractivity contribution in [2.24, 2.45) is 0 Å². The van der Waals surface area contributed by atoms with E-state index < -0.39 is 0 Å². The number of carbonyl (C=O) groups excluding carboxylic acids is 2. The molecule has 1 fully saturated rings. The van der Waals surface area contributed by atoms with Crippen molar-refractivity contribution in [1.29, 1.82) is 0 Å². The van der Waals surface area contributed by atoms with Gasteiger partial charge in [-0.25, -0.2) is 0 Å². The molecule has 0 aromatic carbocycles. The van der Waals surface area contributed by atoms with Crippen LogP contribution in [0.4, 0.5) is 0 Å². The molecule has 0 aromatic heterocycles. The van der Waals surface area contributed by atoms with Crippen LogP contribution in [0, 0.1) is 0 Å². The van der Waals surface area contributed by atoms with Crippen molar-refractivity contribution in [3.05, 3.63) is 0 Å². The van der Waals surface area contributed by atoms with E-state index in [1.165, 1.54) is 0 Å². The zero-order chi connectivity index (χ0) is 10.6. The summed E-state index contributed by atoms with van der Waals surface area (Å²) in [6.45, 7) is 3.49. The minimum absolute atomic E-state index is 0.115. The standard InChI is InChI=1S/C9H17N3O2/c1-10(2)9(14)7-11-3-5-12(8-13)6-4-11/h8H,3-7H2,1-2H3. The minimum atomic E-state index is 0.115. The second-order valence-corrected chi connectivity index (χ2v) is 3.71. The van der Waals surface area contributed by atoms with Crippen LogP contribution in [0.3, 0.4) is 0 Å². The highest BCUT2D eigenvalue weighted by molar-refractivity contribution is 5.77. The largest absolute Gasteiger partial charge is 0.348 e. The Balaban J connectivity index is 2.28. The van der Waals surface area contributed by atoms with E-state index in [4.69, 9.17) is 0 Å². The normalized spacial score (nSPS) is 18.0. The second kappa shape index (κ2) is 4.95. The molecule has 2 amide bonds. The smallest absolute Gasteiger partial charge is 0.236 e. The highest BCUT2D eigenvalue weighted by atomic mass is 16.2. The third kappa shape index (κ3) is 2.99. The first-order valence-electron chi connectivity index (χ1n) is 4.75. The predicted octanol–water partition coefficient (Wildman–Crippen LogP) is -1.15. The van der Waals surface area contributed by atoms with E-state index >= 15 is 0 Å². The molecular weight excluding hydrogens is 182 g/mol. The summed E-state index contributed by atoms with van der Waals surface area (Å²) in [7, 11) is 3.51. The van der Waals surface area contributed by atoms with Gasteiger partial charge in [0.2, 0.25) is 12.3 Å². The lowest BCUT2D eigenvalue weighted by atomic mass is 10.3. The van der Waals surface area contributed by atoms with Gasteiger partial charge in [-0.15, -0.1) is 0 Å². The molecular formula is C9H17N3O2. The SMILES string of the molecule is CN(C)C(=O)CN1CCN(C=O)CC1. The molecule has 1 saturated heterocycles. The first kappa shape index (κ1) is 11.0. The van der Waals surface area contributed by atoms with Gasteiger partial charge in [-0.3, -0.25) is 14.5 Å². The van der Waals surface area contributed by atoms with Crippen LogP contribution >= 0.6 is 0 Å². The van der Waals surface area contributed by atoms with Crippen LogP contribution in [0.2, 0.25) is 0 Å². The highest BCUT2D eigenvalue weighted by Crippen LogP contribution is 1.99. The monoisotopic (exact) mass is 199 g/mol. The Kier molecular flexibility index (Phi) is 3.88. The van der Waals surface area contributed by atoms with Crippen molar-refractivity contribution in [2.75, 3.05) is 46.8 Å². The third-order valence-corrected chi connectivity index (χ3v) is 2.41. The Bertz CT molecular complexity index is 210. The molecule has 80 valence electrons. The van der Waals surface area contributed by atoms with Gasteiger partial charge >= 0.3 is 0 Å². The Morgan fingerprint density at radius 1 is 1.29 bits per heavy atom. The zero-order valence-corrected chi connectivity index (χ0v) is 8.77.